The van der Waals surface area contributed by atoms with Gasteiger partial charge < -0.3 is 4.74 Å². The lowest BCUT2D eigenvalue weighted by Crippen LogP contribution is -2.11. The van der Waals surface area contributed by atoms with Crippen molar-refractivity contribution in [2.24, 2.45) is 5.92 Å². The quantitative estimate of drug-likeness (QED) is 0.768. The van der Waals surface area contributed by atoms with Crippen LogP contribution in [0.1, 0.15) is 38.3 Å². The van der Waals surface area contributed by atoms with E-state index < -0.39 is 0 Å². The summed E-state index contributed by atoms with van der Waals surface area (Å²) < 4.78 is 7.16. The predicted octanol–water partition coefficient (Wildman–Crippen LogP) is 2.81. The Morgan fingerprint density at radius 1 is 1.44 bits per heavy atom. The van der Waals surface area contributed by atoms with Gasteiger partial charge in [0.15, 0.2) is 5.82 Å². The highest BCUT2D eigenvalue weighted by Gasteiger charge is 2.12. The minimum absolute atomic E-state index is 0.325. The van der Waals surface area contributed by atoms with Crippen LogP contribution in [-0.4, -0.2) is 21.9 Å². The number of fused-ring (bicyclic) bond motifs is 1. The van der Waals surface area contributed by atoms with E-state index in [2.05, 4.69) is 29.2 Å². The van der Waals surface area contributed by atoms with Gasteiger partial charge in [-0.1, -0.05) is 13.0 Å². The number of methoxy groups -OCH3 is 1. The maximum Gasteiger partial charge on any atom is 0.173 e. The Kier molecular flexibility index (Phi) is 4.18. The molecule has 0 bridgehead atoms. The van der Waals surface area contributed by atoms with E-state index in [0.29, 0.717) is 5.92 Å². The van der Waals surface area contributed by atoms with Gasteiger partial charge in [0.1, 0.15) is 5.82 Å². The van der Waals surface area contributed by atoms with Crippen molar-refractivity contribution in [2.45, 2.75) is 39.7 Å². The molecular formula is C14H21N3O. The Morgan fingerprint density at radius 2 is 2.28 bits per heavy atom. The van der Waals surface area contributed by atoms with Crippen molar-refractivity contribution in [3.05, 3.63) is 29.6 Å². The Balaban J connectivity index is 2.02. The molecule has 18 heavy (non-hydrogen) atoms. The number of allylic oxidation sites excluding steroid dienone is 3. The maximum atomic E-state index is 5.13. The van der Waals surface area contributed by atoms with Gasteiger partial charge in [0, 0.05) is 13.0 Å². The number of hydrogen-bond donors (Lipinski definition) is 0. The second kappa shape index (κ2) is 5.85. The van der Waals surface area contributed by atoms with Crippen molar-refractivity contribution in [2.75, 3.05) is 7.11 Å². The van der Waals surface area contributed by atoms with Crippen molar-refractivity contribution in [1.29, 1.82) is 0 Å². The van der Waals surface area contributed by atoms with Crippen LogP contribution in [0, 0.1) is 5.92 Å². The van der Waals surface area contributed by atoms with Gasteiger partial charge in [-0.15, -0.1) is 0 Å². The summed E-state index contributed by atoms with van der Waals surface area (Å²) >= 11 is 0. The molecule has 0 aromatic carbocycles. The van der Waals surface area contributed by atoms with E-state index in [1.807, 2.05) is 17.7 Å². The minimum Gasteiger partial charge on any atom is -0.502 e. The van der Waals surface area contributed by atoms with Crippen LogP contribution in [0.3, 0.4) is 0 Å². The van der Waals surface area contributed by atoms with Crippen LogP contribution >= 0.6 is 0 Å². The molecule has 1 unspecified atom stereocenters. The van der Waals surface area contributed by atoms with E-state index in [1.165, 1.54) is 12.8 Å². The molecule has 0 radical (unpaired) electrons. The van der Waals surface area contributed by atoms with Gasteiger partial charge in [0.25, 0.3) is 0 Å². The zero-order valence-electron chi connectivity index (χ0n) is 11.4. The second-order valence-corrected chi connectivity index (χ2v) is 4.77. The van der Waals surface area contributed by atoms with Gasteiger partial charge in [-0.2, -0.15) is 5.10 Å². The van der Waals surface area contributed by atoms with E-state index in [1.54, 1.807) is 7.11 Å². The molecule has 1 aliphatic heterocycles. The molecule has 2 heterocycles. The van der Waals surface area contributed by atoms with Crippen molar-refractivity contribution >= 4 is 6.08 Å². The lowest BCUT2D eigenvalue weighted by Gasteiger charge is -2.09. The molecule has 0 saturated carbocycles. The number of rotatable bonds is 4. The molecule has 0 amide bonds. The van der Waals surface area contributed by atoms with Gasteiger partial charge >= 0.3 is 0 Å². The van der Waals surface area contributed by atoms with Crippen LogP contribution in [0.25, 0.3) is 6.08 Å². The van der Waals surface area contributed by atoms with Crippen LogP contribution in [-0.2, 0) is 17.7 Å². The highest BCUT2D eigenvalue weighted by Crippen LogP contribution is 2.13. The minimum atomic E-state index is 0.325. The number of nitrogens with zero attached hydrogens (tertiary/aromatic N) is 3. The first-order chi connectivity index (χ1) is 8.69. The van der Waals surface area contributed by atoms with Crippen molar-refractivity contribution in [1.82, 2.24) is 14.8 Å². The lowest BCUT2D eigenvalue weighted by atomic mass is 10.1. The summed E-state index contributed by atoms with van der Waals surface area (Å²) in [6.45, 7) is 5.08. The standard InChI is InChI=1S/C14H21N3O/c1-11(10-12(2)18-3)7-8-13-15-14-6-4-5-9-17(14)16-13/h7-8,10-11H,4-6,9H2,1-3H3/b8-7+,12-10+. The molecule has 4 nitrogen and oxygen atoms in total. The van der Waals surface area contributed by atoms with Gasteiger partial charge in [0.2, 0.25) is 0 Å². The normalized spacial score (nSPS) is 17.8. The van der Waals surface area contributed by atoms with Crippen molar-refractivity contribution in [3.8, 4) is 0 Å². The first-order valence-electron chi connectivity index (χ1n) is 6.53. The summed E-state index contributed by atoms with van der Waals surface area (Å²) in [5, 5.41) is 4.49. The predicted molar refractivity (Wildman–Crippen MR) is 71.9 cm³/mol. The first kappa shape index (κ1) is 12.9. The Morgan fingerprint density at radius 3 is 3.00 bits per heavy atom. The second-order valence-electron chi connectivity index (χ2n) is 4.77. The number of aromatic nitrogens is 3. The van der Waals surface area contributed by atoms with E-state index in [9.17, 15) is 0 Å². The molecule has 98 valence electrons. The van der Waals surface area contributed by atoms with Gasteiger partial charge in [-0.25, -0.2) is 9.67 Å². The highest BCUT2D eigenvalue weighted by atomic mass is 16.5. The largest absolute Gasteiger partial charge is 0.502 e. The average molecular weight is 247 g/mol. The van der Waals surface area contributed by atoms with E-state index in [4.69, 9.17) is 4.74 Å². The van der Waals surface area contributed by atoms with Crippen LogP contribution in [0.5, 0.6) is 0 Å². The van der Waals surface area contributed by atoms with Gasteiger partial charge in [-0.3, -0.25) is 0 Å². The third-order valence-electron chi connectivity index (χ3n) is 3.15. The number of aryl methyl sites for hydroxylation is 2. The van der Waals surface area contributed by atoms with Crippen LogP contribution in [0.15, 0.2) is 17.9 Å². The summed E-state index contributed by atoms with van der Waals surface area (Å²) in [5.74, 6) is 3.20. The van der Waals surface area contributed by atoms with Crippen LogP contribution in [0.2, 0.25) is 0 Å². The molecule has 0 aliphatic carbocycles. The Labute approximate surface area is 108 Å². The zero-order chi connectivity index (χ0) is 13.0. The van der Waals surface area contributed by atoms with Crippen molar-refractivity contribution < 1.29 is 4.74 Å². The SMILES string of the molecule is CO/C(C)=C/C(C)/C=C/c1nc2n(n1)CCCC2. The Bertz CT molecular complexity index is 436. The summed E-state index contributed by atoms with van der Waals surface area (Å²) in [5.41, 5.74) is 0. The van der Waals surface area contributed by atoms with Crippen LogP contribution < -0.4 is 0 Å². The summed E-state index contributed by atoms with van der Waals surface area (Å²) in [6.07, 6.45) is 9.67. The fraction of sp³-hybridized carbons (Fsp3) is 0.571. The highest BCUT2D eigenvalue weighted by molar-refractivity contribution is 5.40. The van der Waals surface area contributed by atoms with Gasteiger partial charge in [-0.05, 0) is 37.8 Å². The summed E-state index contributed by atoms with van der Waals surface area (Å²) in [4.78, 5) is 4.54. The molecule has 1 aromatic heterocycles. The molecule has 1 atom stereocenters. The third kappa shape index (κ3) is 3.22. The van der Waals surface area contributed by atoms with Crippen molar-refractivity contribution in [3.63, 3.8) is 0 Å². The van der Waals surface area contributed by atoms with Crippen LogP contribution in [0.4, 0.5) is 0 Å². The number of ether oxygens (including phenoxy) is 1. The topological polar surface area (TPSA) is 39.9 Å². The smallest absolute Gasteiger partial charge is 0.173 e. The number of hydrogen-bond acceptors (Lipinski definition) is 3. The third-order valence-corrected chi connectivity index (χ3v) is 3.15. The Hall–Kier alpha value is -1.58. The van der Waals surface area contributed by atoms with E-state index >= 15 is 0 Å². The zero-order valence-corrected chi connectivity index (χ0v) is 11.4. The average Bonchev–Trinajstić information content (AvgIpc) is 2.79. The first-order valence-corrected chi connectivity index (χ1v) is 6.53. The molecule has 1 aliphatic rings. The molecule has 1 aromatic rings. The molecule has 0 saturated heterocycles. The maximum absolute atomic E-state index is 5.13. The molecule has 0 spiro atoms. The molecule has 0 fully saturated rings. The molecule has 2 rings (SSSR count). The molecule has 4 heteroatoms. The van der Waals surface area contributed by atoms with Gasteiger partial charge in [0.05, 0.1) is 12.9 Å². The fourth-order valence-corrected chi connectivity index (χ4v) is 2.10. The van der Waals surface area contributed by atoms with E-state index in [0.717, 1.165) is 30.4 Å². The lowest BCUT2D eigenvalue weighted by molar-refractivity contribution is 0.290. The molecule has 0 N–H and O–H groups in total. The molecular weight excluding hydrogens is 226 g/mol. The monoisotopic (exact) mass is 247 g/mol. The summed E-state index contributed by atoms with van der Waals surface area (Å²) in [7, 11) is 1.69. The van der Waals surface area contributed by atoms with E-state index in [-0.39, 0.29) is 0 Å². The summed E-state index contributed by atoms with van der Waals surface area (Å²) in [6, 6.07) is 0. The fourth-order valence-electron chi connectivity index (χ4n) is 2.10.